The Kier molecular flexibility index (Phi) is 7.09. The Morgan fingerprint density at radius 2 is 1.94 bits per heavy atom. The number of hydrogen-bond acceptors (Lipinski definition) is 7. The van der Waals surface area contributed by atoms with Crippen molar-refractivity contribution in [3.8, 4) is 5.75 Å². The highest BCUT2D eigenvalue weighted by Crippen LogP contribution is 2.35. The number of hydrogen-bond donors (Lipinski definition) is 3. The van der Waals surface area contributed by atoms with Gasteiger partial charge < -0.3 is 10.4 Å². The van der Waals surface area contributed by atoms with Crippen molar-refractivity contribution >= 4 is 27.3 Å². The quantitative estimate of drug-likeness (QED) is 0.430. The highest BCUT2D eigenvalue weighted by molar-refractivity contribution is 7.89. The number of aryl methyl sites for hydroxylation is 1. The van der Waals surface area contributed by atoms with Crippen molar-refractivity contribution in [3.63, 3.8) is 0 Å². The number of sulfonamides is 1. The van der Waals surface area contributed by atoms with Crippen molar-refractivity contribution in [3.05, 3.63) is 42.2 Å². The number of azo groups is 1. The van der Waals surface area contributed by atoms with Gasteiger partial charge in [0.25, 0.3) is 0 Å². The lowest BCUT2D eigenvalue weighted by Gasteiger charge is -2.29. The minimum atomic E-state index is -3.67. The molecule has 1 saturated carbocycles. The van der Waals surface area contributed by atoms with Crippen LogP contribution in [0.2, 0.25) is 0 Å². The summed E-state index contributed by atoms with van der Waals surface area (Å²) in [5.41, 5.74) is 2.15. The fourth-order valence-corrected chi connectivity index (χ4v) is 4.60. The zero-order valence-corrected chi connectivity index (χ0v) is 19.2. The SMILES string of the molecule is C=CC(=O)NC1CCC(n2nc(C)c(N=Nc3cc(S(=O)(=O)NC)ccc3O)c2C)CC1. The maximum absolute atomic E-state index is 12.0. The number of aromatic hydroxyl groups is 1. The molecule has 0 saturated heterocycles. The Morgan fingerprint density at radius 1 is 1.25 bits per heavy atom. The van der Waals surface area contributed by atoms with Crippen LogP contribution in [-0.2, 0) is 14.8 Å². The molecule has 2 aromatic rings. The van der Waals surface area contributed by atoms with E-state index >= 15 is 0 Å². The van der Waals surface area contributed by atoms with Gasteiger partial charge in [0.15, 0.2) is 0 Å². The highest BCUT2D eigenvalue weighted by Gasteiger charge is 2.26. The molecule has 1 aromatic heterocycles. The Bertz CT molecular complexity index is 1150. The van der Waals surface area contributed by atoms with Crippen LogP contribution in [0.1, 0.15) is 43.1 Å². The Labute approximate surface area is 187 Å². The summed E-state index contributed by atoms with van der Waals surface area (Å²) in [5.74, 6) is -0.330. The number of carbonyl (C=O) groups excluding carboxylic acids is 1. The molecule has 1 aromatic carbocycles. The maximum Gasteiger partial charge on any atom is 0.243 e. The van der Waals surface area contributed by atoms with E-state index in [1.807, 2.05) is 18.5 Å². The van der Waals surface area contributed by atoms with Crippen molar-refractivity contribution in [2.24, 2.45) is 10.2 Å². The third-order valence-corrected chi connectivity index (χ3v) is 7.06. The molecule has 0 radical (unpaired) electrons. The van der Waals surface area contributed by atoms with E-state index in [0.717, 1.165) is 31.4 Å². The zero-order valence-electron chi connectivity index (χ0n) is 18.4. The average Bonchev–Trinajstić information content (AvgIpc) is 3.06. The Morgan fingerprint density at radius 3 is 2.56 bits per heavy atom. The van der Waals surface area contributed by atoms with Crippen molar-refractivity contribution < 1.29 is 18.3 Å². The number of benzene rings is 1. The predicted molar refractivity (Wildman–Crippen MR) is 120 cm³/mol. The molecule has 3 N–H and O–H groups in total. The Hall–Kier alpha value is -3.05. The van der Waals surface area contributed by atoms with Crippen LogP contribution in [-0.4, -0.2) is 42.3 Å². The lowest BCUT2D eigenvalue weighted by molar-refractivity contribution is -0.117. The van der Waals surface area contributed by atoms with Crippen molar-refractivity contribution in [2.45, 2.75) is 56.5 Å². The van der Waals surface area contributed by atoms with Gasteiger partial charge in [0.2, 0.25) is 15.9 Å². The van der Waals surface area contributed by atoms with Gasteiger partial charge in [0.05, 0.1) is 22.3 Å². The first-order chi connectivity index (χ1) is 15.2. The molecule has 1 aliphatic carbocycles. The van der Waals surface area contributed by atoms with Gasteiger partial charge in [-0.25, -0.2) is 13.1 Å². The molecule has 1 fully saturated rings. The van der Waals surface area contributed by atoms with E-state index in [9.17, 15) is 18.3 Å². The van der Waals surface area contributed by atoms with Crippen LogP contribution in [0, 0.1) is 13.8 Å². The summed E-state index contributed by atoms with van der Waals surface area (Å²) in [6.07, 6.45) is 4.71. The van der Waals surface area contributed by atoms with E-state index in [0.29, 0.717) is 11.4 Å². The lowest BCUT2D eigenvalue weighted by atomic mass is 9.91. The van der Waals surface area contributed by atoms with E-state index < -0.39 is 10.0 Å². The van der Waals surface area contributed by atoms with Crippen molar-refractivity contribution in [1.82, 2.24) is 19.8 Å². The highest BCUT2D eigenvalue weighted by atomic mass is 32.2. The molecule has 1 heterocycles. The molecule has 172 valence electrons. The number of phenols is 1. The number of aromatic nitrogens is 2. The molecule has 0 spiro atoms. The van der Waals surface area contributed by atoms with Crippen LogP contribution in [0.4, 0.5) is 11.4 Å². The van der Waals surface area contributed by atoms with E-state index in [-0.39, 0.29) is 34.3 Å². The first-order valence-corrected chi connectivity index (χ1v) is 11.8. The second-order valence-corrected chi connectivity index (χ2v) is 9.63. The summed E-state index contributed by atoms with van der Waals surface area (Å²) >= 11 is 0. The van der Waals surface area contributed by atoms with Gasteiger partial charge in [-0.1, -0.05) is 6.58 Å². The average molecular weight is 461 g/mol. The van der Waals surface area contributed by atoms with Crippen molar-refractivity contribution in [1.29, 1.82) is 0 Å². The summed E-state index contributed by atoms with van der Waals surface area (Å²) in [6, 6.07) is 4.15. The van der Waals surface area contributed by atoms with Crippen LogP contribution < -0.4 is 10.0 Å². The molecule has 0 aliphatic heterocycles. The fraction of sp³-hybridized carbons (Fsp3) is 0.429. The molecule has 1 amide bonds. The van der Waals surface area contributed by atoms with E-state index in [1.165, 1.54) is 31.3 Å². The third-order valence-electron chi connectivity index (χ3n) is 5.64. The summed E-state index contributed by atoms with van der Waals surface area (Å²) < 4.78 is 28.2. The lowest BCUT2D eigenvalue weighted by Crippen LogP contribution is -2.37. The van der Waals surface area contributed by atoms with Gasteiger partial charge in [-0.15, -0.1) is 10.2 Å². The molecule has 11 heteroatoms. The van der Waals surface area contributed by atoms with Crippen LogP contribution in [0.15, 0.2) is 46.0 Å². The zero-order chi connectivity index (χ0) is 23.5. The van der Waals surface area contributed by atoms with Crippen LogP contribution in [0.5, 0.6) is 5.75 Å². The van der Waals surface area contributed by atoms with Gasteiger partial charge >= 0.3 is 0 Å². The molecule has 10 nitrogen and oxygen atoms in total. The number of nitrogens with zero attached hydrogens (tertiary/aromatic N) is 4. The first kappa shape index (κ1) is 23.6. The summed E-state index contributed by atoms with van der Waals surface area (Å²) in [7, 11) is -2.36. The second-order valence-electron chi connectivity index (χ2n) is 7.74. The molecule has 0 unspecified atom stereocenters. The molecule has 0 bridgehead atoms. The largest absolute Gasteiger partial charge is 0.506 e. The molecular weight excluding hydrogens is 432 g/mol. The fourth-order valence-electron chi connectivity index (χ4n) is 3.85. The van der Waals surface area contributed by atoms with Crippen LogP contribution >= 0.6 is 0 Å². The molecular formula is C21H28N6O4S. The maximum atomic E-state index is 12.0. The minimum Gasteiger partial charge on any atom is -0.506 e. The third kappa shape index (κ3) is 5.05. The van der Waals surface area contributed by atoms with Crippen LogP contribution in [0.25, 0.3) is 0 Å². The van der Waals surface area contributed by atoms with Gasteiger partial charge in [-0.2, -0.15) is 5.10 Å². The minimum absolute atomic E-state index is 0.0174. The van der Waals surface area contributed by atoms with Gasteiger partial charge in [0, 0.05) is 6.04 Å². The molecule has 0 atom stereocenters. The predicted octanol–water partition coefficient (Wildman–Crippen LogP) is 3.31. The number of amides is 1. The number of nitrogens with one attached hydrogen (secondary N) is 2. The number of phenolic OH excluding ortho intramolecular Hbond substituents is 1. The number of rotatable bonds is 7. The topological polar surface area (TPSA) is 138 Å². The first-order valence-electron chi connectivity index (χ1n) is 10.3. The summed E-state index contributed by atoms with van der Waals surface area (Å²) in [5, 5.41) is 26.0. The smallest absolute Gasteiger partial charge is 0.243 e. The second kappa shape index (κ2) is 9.61. The Balaban J connectivity index is 1.79. The number of carbonyl (C=O) groups is 1. The monoisotopic (exact) mass is 460 g/mol. The van der Waals surface area contributed by atoms with Crippen molar-refractivity contribution in [2.75, 3.05) is 7.05 Å². The summed E-state index contributed by atoms with van der Waals surface area (Å²) in [6.45, 7) is 7.22. The molecule has 3 rings (SSSR count). The van der Waals surface area contributed by atoms with Gasteiger partial charge in [0.1, 0.15) is 17.1 Å². The van der Waals surface area contributed by atoms with E-state index in [4.69, 9.17) is 0 Å². The summed E-state index contributed by atoms with van der Waals surface area (Å²) in [4.78, 5) is 11.5. The standard InChI is InChI=1S/C21H28N6O4S/c1-5-20(29)23-15-6-8-16(9-7-15)27-14(3)21(13(2)26-27)25-24-18-12-17(10-11-19(18)28)32(30,31)22-4/h5,10-12,15-16,22,28H,1,6-9H2,2-4H3,(H,23,29). The van der Waals surface area contributed by atoms with E-state index in [1.54, 1.807) is 0 Å². The molecule has 32 heavy (non-hydrogen) atoms. The van der Waals surface area contributed by atoms with Crippen LogP contribution in [0.3, 0.4) is 0 Å². The van der Waals surface area contributed by atoms with E-state index in [2.05, 4.69) is 31.9 Å². The molecule has 1 aliphatic rings. The van der Waals surface area contributed by atoms with Gasteiger partial charge in [-0.05, 0) is 70.9 Å². The van der Waals surface area contributed by atoms with Gasteiger partial charge in [-0.3, -0.25) is 9.48 Å². The normalized spacial score (nSPS) is 19.2.